The van der Waals surface area contributed by atoms with Crippen LogP contribution in [0.5, 0.6) is 0 Å². The maximum absolute atomic E-state index is 14.5. The Morgan fingerprint density at radius 1 is 1.15 bits per heavy atom. The highest BCUT2D eigenvalue weighted by Gasteiger charge is 2.46. The standard InChI is InChI=1S/C21H22FN3O2/c22-17-8-5-12(10-19(17)25-14-7-6-13(11-14)21(25)27)9-18-15-3-1-2-4-16(15)20(26)24-23-18/h5,8,10,13-14H,1-4,6-7,9,11H2,(H,24,26)/t13-,14+/m1/s1. The number of fused-ring (bicyclic) bond motifs is 3. The zero-order valence-electron chi connectivity index (χ0n) is 15.1. The number of carbonyl (C=O) groups is 1. The second kappa shape index (κ2) is 6.29. The molecule has 1 N–H and O–H groups in total. The van der Waals surface area contributed by atoms with E-state index in [4.69, 9.17) is 0 Å². The summed E-state index contributed by atoms with van der Waals surface area (Å²) in [5, 5.41) is 6.89. The van der Waals surface area contributed by atoms with Crippen LogP contribution in [-0.2, 0) is 24.1 Å². The Morgan fingerprint density at radius 2 is 1.96 bits per heavy atom. The van der Waals surface area contributed by atoms with E-state index in [1.165, 1.54) is 6.07 Å². The number of rotatable bonds is 3. The third-order valence-corrected chi connectivity index (χ3v) is 6.38. The summed E-state index contributed by atoms with van der Waals surface area (Å²) in [6.07, 6.45) is 7.00. The minimum atomic E-state index is -0.351. The lowest BCUT2D eigenvalue weighted by molar-refractivity contribution is -0.121. The summed E-state index contributed by atoms with van der Waals surface area (Å²) < 4.78 is 14.5. The van der Waals surface area contributed by atoms with Crippen molar-refractivity contribution in [2.75, 3.05) is 4.90 Å². The molecule has 2 fully saturated rings. The van der Waals surface area contributed by atoms with Crippen molar-refractivity contribution in [2.45, 2.75) is 57.4 Å². The first-order chi connectivity index (χ1) is 13.1. The van der Waals surface area contributed by atoms with Crippen LogP contribution in [0.15, 0.2) is 23.0 Å². The molecule has 6 heteroatoms. The number of nitrogens with one attached hydrogen (secondary N) is 1. The summed E-state index contributed by atoms with van der Waals surface area (Å²) in [7, 11) is 0. The van der Waals surface area contributed by atoms with Crippen LogP contribution in [0, 0.1) is 11.7 Å². The third-order valence-electron chi connectivity index (χ3n) is 6.38. The molecule has 1 saturated heterocycles. The molecule has 1 aromatic heterocycles. The Hall–Kier alpha value is -2.50. The third kappa shape index (κ3) is 2.69. The lowest BCUT2D eigenvalue weighted by Gasteiger charge is -2.28. The van der Waals surface area contributed by atoms with Crippen molar-refractivity contribution < 1.29 is 9.18 Å². The van der Waals surface area contributed by atoms with Gasteiger partial charge >= 0.3 is 0 Å². The first-order valence-corrected chi connectivity index (χ1v) is 9.82. The zero-order valence-corrected chi connectivity index (χ0v) is 15.1. The van der Waals surface area contributed by atoms with Crippen molar-refractivity contribution in [1.82, 2.24) is 10.2 Å². The van der Waals surface area contributed by atoms with Gasteiger partial charge in [0.25, 0.3) is 5.56 Å². The molecule has 0 unspecified atom stereocenters. The molecule has 5 nitrogen and oxygen atoms in total. The lowest BCUT2D eigenvalue weighted by Crippen LogP contribution is -2.37. The number of hydrogen-bond acceptors (Lipinski definition) is 3. The fraction of sp³-hybridized carbons (Fsp3) is 0.476. The maximum atomic E-state index is 14.5. The Labute approximate surface area is 156 Å². The molecule has 1 amide bonds. The molecule has 2 bridgehead atoms. The van der Waals surface area contributed by atoms with Crippen LogP contribution in [0.25, 0.3) is 0 Å². The van der Waals surface area contributed by atoms with Gasteiger partial charge in [0.1, 0.15) is 5.82 Å². The molecule has 2 heterocycles. The Bertz CT molecular complexity index is 984. The summed E-state index contributed by atoms with van der Waals surface area (Å²) in [6, 6.07) is 5.11. The SMILES string of the molecule is O=C1[C@@H]2CC[C@@H](C2)N1c1cc(Cc2n[nH]c(=O)c3c2CCCC3)ccc1F. The monoisotopic (exact) mass is 367 g/mol. The van der Waals surface area contributed by atoms with Gasteiger partial charge in [0, 0.05) is 23.9 Å². The summed E-state index contributed by atoms with van der Waals surface area (Å²) in [5.41, 5.74) is 3.97. The molecule has 0 radical (unpaired) electrons. The number of amides is 1. The number of aromatic nitrogens is 2. The number of hydrogen-bond donors (Lipinski definition) is 1. The molecule has 140 valence electrons. The molecule has 3 aliphatic rings. The number of H-pyrrole nitrogens is 1. The first-order valence-electron chi connectivity index (χ1n) is 9.82. The highest BCUT2D eigenvalue weighted by atomic mass is 19.1. The average molecular weight is 367 g/mol. The number of aromatic amines is 1. The van der Waals surface area contributed by atoms with E-state index >= 15 is 0 Å². The quantitative estimate of drug-likeness (QED) is 0.907. The topological polar surface area (TPSA) is 66.1 Å². The molecule has 2 aromatic rings. The molecular formula is C21H22FN3O2. The van der Waals surface area contributed by atoms with Crippen LogP contribution in [0.2, 0.25) is 0 Å². The smallest absolute Gasteiger partial charge is 0.267 e. The van der Waals surface area contributed by atoms with Gasteiger partial charge in [0.15, 0.2) is 0 Å². The van der Waals surface area contributed by atoms with Crippen LogP contribution in [0.1, 0.15) is 54.5 Å². The van der Waals surface area contributed by atoms with Crippen LogP contribution in [0.4, 0.5) is 10.1 Å². The van der Waals surface area contributed by atoms with Crippen molar-refractivity contribution in [3.05, 3.63) is 56.8 Å². The van der Waals surface area contributed by atoms with Gasteiger partial charge in [-0.15, -0.1) is 0 Å². The van der Waals surface area contributed by atoms with Gasteiger partial charge in [-0.05, 0) is 68.2 Å². The maximum Gasteiger partial charge on any atom is 0.267 e. The van der Waals surface area contributed by atoms with Crippen molar-refractivity contribution in [1.29, 1.82) is 0 Å². The molecule has 1 saturated carbocycles. The second-order valence-electron chi connectivity index (χ2n) is 8.00. The van der Waals surface area contributed by atoms with Crippen LogP contribution < -0.4 is 10.5 Å². The predicted octanol–water partition coefficient (Wildman–Crippen LogP) is 2.89. The summed E-state index contributed by atoms with van der Waals surface area (Å²) in [6.45, 7) is 0. The van der Waals surface area contributed by atoms with Gasteiger partial charge in [0.2, 0.25) is 5.91 Å². The Morgan fingerprint density at radius 3 is 2.74 bits per heavy atom. The average Bonchev–Trinajstić information content (AvgIpc) is 3.27. The summed E-state index contributed by atoms with van der Waals surface area (Å²) >= 11 is 0. The van der Waals surface area contributed by atoms with E-state index in [1.54, 1.807) is 17.0 Å². The lowest BCUT2D eigenvalue weighted by atomic mass is 9.90. The molecule has 2 aliphatic carbocycles. The van der Waals surface area contributed by atoms with E-state index in [9.17, 15) is 14.0 Å². The highest BCUT2D eigenvalue weighted by Crippen LogP contribution is 2.42. The zero-order chi connectivity index (χ0) is 18.5. The molecule has 2 atom stereocenters. The second-order valence-corrected chi connectivity index (χ2v) is 8.00. The first kappa shape index (κ1) is 16.7. The number of nitrogens with zero attached hydrogens (tertiary/aromatic N) is 2. The number of piperidine rings is 1. The van der Waals surface area contributed by atoms with Crippen LogP contribution in [0.3, 0.4) is 0 Å². The molecule has 1 aliphatic heterocycles. The normalized spacial score (nSPS) is 23.7. The molecule has 0 spiro atoms. The highest BCUT2D eigenvalue weighted by molar-refractivity contribution is 5.99. The predicted molar refractivity (Wildman–Crippen MR) is 99.3 cm³/mol. The van der Waals surface area contributed by atoms with Gasteiger partial charge in [-0.25, -0.2) is 9.49 Å². The summed E-state index contributed by atoms with van der Waals surface area (Å²) in [4.78, 5) is 26.2. The molecule has 27 heavy (non-hydrogen) atoms. The largest absolute Gasteiger partial charge is 0.306 e. The van der Waals surface area contributed by atoms with Crippen molar-refractivity contribution >= 4 is 11.6 Å². The van der Waals surface area contributed by atoms with Crippen LogP contribution in [-0.4, -0.2) is 22.1 Å². The van der Waals surface area contributed by atoms with Gasteiger partial charge in [-0.1, -0.05) is 6.07 Å². The molecule has 1 aromatic carbocycles. The van der Waals surface area contributed by atoms with Gasteiger partial charge in [0.05, 0.1) is 11.4 Å². The molecular weight excluding hydrogens is 345 g/mol. The Kier molecular flexibility index (Phi) is 3.88. The molecule has 5 rings (SSSR count). The number of anilines is 1. The minimum Gasteiger partial charge on any atom is -0.306 e. The fourth-order valence-electron chi connectivity index (χ4n) is 5.03. The minimum absolute atomic E-state index is 0.0573. The van der Waals surface area contributed by atoms with Crippen molar-refractivity contribution in [2.24, 2.45) is 5.92 Å². The fourth-order valence-corrected chi connectivity index (χ4v) is 5.03. The summed E-state index contributed by atoms with van der Waals surface area (Å²) in [5.74, 6) is -0.233. The van der Waals surface area contributed by atoms with E-state index < -0.39 is 0 Å². The number of benzene rings is 1. The van der Waals surface area contributed by atoms with Crippen molar-refractivity contribution in [3.8, 4) is 0 Å². The number of carbonyl (C=O) groups excluding carboxylic acids is 1. The van der Waals surface area contributed by atoms with Gasteiger partial charge < -0.3 is 4.90 Å². The Balaban J connectivity index is 1.49. The van der Waals surface area contributed by atoms with E-state index in [1.807, 2.05) is 0 Å². The number of halogens is 1. The van der Waals surface area contributed by atoms with E-state index in [2.05, 4.69) is 10.2 Å². The van der Waals surface area contributed by atoms with Gasteiger partial charge in [-0.3, -0.25) is 9.59 Å². The van der Waals surface area contributed by atoms with E-state index in [-0.39, 0.29) is 29.2 Å². The van der Waals surface area contributed by atoms with Crippen molar-refractivity contribution in [3.63, 3.8) is 0 Å². The van der Waals surface area contributed by atoms with E-state index in [0.29, 0.717) is 12.1 Å². The van der Waals surface area contributed by atoms with E-state index in [0.717, 1.165) is 67.3 Å². The van der Waals surface area contributed by atoms with Crippen LogP contribution >= 0.6 is 0 Å². The van der Waals surface area contributed by atoms with Gasteiger partial charge in [-0.2, -0.15) is 5.10 Å².